The second-order valence-electron chi connectivity index (χ2n) is 7.36. The molecule has 0 saturated carbocycles. The van der Waals surface area contributed by atoms with Crippen LogP contribution in [0, 0.1) is 10.1 Å². The molecule has 1 heterocycles. The highest BCUT2D eigenvalue weighted by atomic mass is 16.6. The van der Waals surface area contributed by atoms with Crippen molar-refractivity contribution in [2.75, 3.05) is 23.3 Å². The summed E-state index contributed by atoms with van der Waals surface area (Å²) < 4.78 is 0. The number of nitrogens with one attached hydrogen (secondary N) is 1. The summed E-state index contributed by atoms with van der Waals surface area (Å²) in [6.07, 6.45) is 4.18. The van der Waals surface area contributed by atoms with Crippen LogP contribution in [-0.2, 0) is 0 Å². The Hall–Kier alpha value is -2.89. The molecule has 1 aliphatic heterocycles. The van der Waals surface area contributed by atoms with Crippen molar-refractivity contribution >= 4 is 23.0 Å². The van der Waals surface area contributed by atoms with Crippen LogP contribution in [0.5, 0.6) is 0 Å². The normalized spacial score (nSPS) is 15.1. The lowest BCUT2D eigenvalue weighted by Crippen LogP contribution is -2.30. The molecule has 2 aromatic rings. The smallest absolute Gasteiger partial charge is 0.293 e. The maximum atomic E-state index is 12.8. The molecule has 148 valence electrons. The van der Waals surface area contributed by atoms with Gasteiger partial charge in [-0.25, -0.2) is 0 Å². The number of nitro benzene ring substituents is 1. The molecule has 0 unspecified atom stereocenters. The van der Waals surface area contributed by atoms with Crippen molar-refractivity contribution in [2.24, 2.45) is 0 Å². The topological polar surface area (TPSA) is 75.5 Å². The highest BCUT2D eigenvalue weighted by Gasteiger charge is 2.23. The van der Waals surface area contributed by atoms with Gasteiger partial charge >= 0.3 is 0 Å². The molecule has 1 saturated heterocycles. The molecule has 6 nitrogen and oxygen atoms in total. The summed E-state index contributed by atoms with van der Waals surface area (Å²) in [5.74, 6) is -0.0173. The first-order valence-electron chi connectivity index (χ1n) is 9.95. The van der Waals surface area contributed by atoms with Gasteiger partial charge in [-0.1, -0.05) is 32.0 Å². The molecular formula is C22H27N3O3. The molecule has 1 atom stereocenters. The van der Waals surface area contributed by atoms with Crippen molar-refractivity contribution in [1.29, 1.82) is 0 Å². The molecule has 0 spiro atoms. The number of rotatable bonds is 6. The van der Waals surface area contributed by atoms with Gasteiger partial charge in [0.1, 0.15) is 5.69 Å². The molecule has 0 radical (unpaired) electrons. The molecule has 1 fully saturated rings. The van der Waals surface area contributed by atoms with Gasteiger partial charge < -0.3 is 10.2 Å². The number of hydrogen-bond acceptors (Lipinski definition) is 4. The first kappa shape index (κ1) is 19.9. The van der Waals surface area contributed by atoms with E-state index < -0.39 is 4.92 Å². The molecule has 3 rings (SSSR count). The monoisotopic (exact) mass is 381 g/mol. The fourth-order valence-corrected chi connectivity index (χ4v) is 3.67. The number of amides is 1. The maximum absolute atomic E-state index is 12.8. The van der Waals surface area contributed by atoms with Gasteiger partial charge in [0.05, 0.1) is 4.92 Å². The van der Waals surface area contributed by atoms with E-state index in [1.54, 1.807) is 12.1 Å². The summed E-state index contributed by atoms with van der Waals surface area (Å²) in [5.41, 5.74) is 2.71. The Balaban J connectivity index is 1.87. The Bertz CT molecular complexity index is 860. The van der Waals surface area contributed by atoms with E-state index in [2.05, 4.69) is 19.2 Å². The molecule has 6 heteroatoms. The first-order valence-corrected chi connectivity index (χ1v) is 9.95. The highest BCUT2D eigenvalue weighted by Crippen LogP contribution is 2.32. The van der Waals surface area contributed by atoms with Gasteiger partial charge in [-0.3, -0.25) is 14.9 Å². The molecule has 0 aromatic heterocycles. The van der Waals surface area contributed by atoms with E-state index in [0.29, 0.717) is 17.2 Å². The van der Waals surface area contributed by atoms with Crippen molar-refractivity contribution in [3.63, 3.8) is 0 Å². The highest BCUT2D eigenvalue weighted by molar-refractivity contribution is 6.05. The average molecular weight is 381 g/mol. The minimum atomic E-state index is -0.395. The molecule has 28 heavy (non-hydrogen) atoms. The predicted octanol–water partition coefficient (Wildman–Crippen LogP) is 5.35. The fraction of sp³-hybridized carbons (Fsp3) is 0.409. The number of piperidine rings is 1. The quantitative estimate of drug-likeness (QED) is 0.540. The Kier molecular flexibility index (Phi) is 6.29. The van der Waals surface area contributed by atoms with Crippen LogP contribution >= 0.6 is 0 Å². The summed E-state index contributed by atoms with van der Waals surface area (Å²) in [6.45, 7) is 5.85. The van der Waals surface area contributed by atoms with Gasteiger partial charge in [0.15, 0.2) is 0 Å². The number of hydrogen-bond donors (Lipinski definition) is 1. The van der Waals surface area contributed by atoms with E-state index in [0.717, 1.165) is 50.0 Å². The van der Waals surface area contributed by atoms with E-state index in [4.69, 9.17) is 0 Å². The van der Waals surface area contributed by atoms with Gasteiger partial charge in [0.25, 0.3) is 11.6 Å². The number of nitrogens with zero attached hydrogens (tertiary/aromatic N) is 2. The Labute approximate surface area is 165 Å². The predicted molar refractivity (Wildman–Crippen MR) is 112 cm³/mol. The zero-order chi connectivity index (χ0) is 20.1. The number of nitro groups is 1. The number of anilines is 2. The number of carbonyl (C=O) groups excluding carboxylic acids is 1. The van der Waals surface area contributed by atoms with Gasteiger partial charge in [-0.05, 0) is 55.4 Å². The molecule has 1 aliphatic rings. The third-order valence-electron chi connectivity index (χ3n) is 5.48. The van der Waals surface area contributed by atoms with E-state index in [1.807, 2.05) is 29.2 Å². The summed E-state index contributed by atoms with van der Waals surface area (Å²) in [4.78, 5) is 26.1. The van der Waals surface area contributed by atoms with Gasteiger partial charge in [-0.15, -0.1) is 0 Å². The van der Waals surface area contributed by atoms with Crippen LogP contribution in [0.2, 0.25) is 0 Å². The molecule has 0 aliphatic carbocycles. The van der Waals surface area contributed by atoms with Crippen LogP contribution in [-0.4, -0.2) is 23.9 Å². The summed E-state index contributed by atoms with van der Waals surface area (Å²) in [5, 5.41) is 14.6. The first-order chi connectivity index (χ1) is 13.5. The second kappa shape index (κ2) is 8.87. The van der Waals surface area contributed by atoms with Gasteiger partial charge in [0, 0.05) is 30.4 Å². The van der Waals surface area contributed by atoms with Gasteiger partial charge in [0.2, 0.25) is 0 Å². The SMILES string of the molecule is CC[C@@H](C)c1ccccc1NC(=O)c1ccc(N2CCCCC2)c([N+](=O)[O-])c1. The lowest BCUT2D eigenvalue weighted by Gasteiger charge is -2.28. The second-order valence-corrected chi connectivity index (χ2v) is 7.36. The van der Waals surface area contributed by atoms with Crippen LogP contribution in [0.3, 0.4) is 0 Å². The third-order valence-corrected chi connectivity index (χ3v) is 5.48. The summed E-state index contributed by atoms with van der Waals surface area (Å²) in [6, 6.07) is 12.5. The van der Waals surface area contributed by atoms with Crippen molar-refractivity contribution < 1.29 is 9.72 Å². The van der Waals surface area contributed by atoms with Crippen LogP contribution in [0.4, 0.5) is 17.1 Å². The largest absolute Gasteiger partial charge is 0.366 e. The molecular weight excluding hydrogens is 354 g/mol. The number of benzene rings is 2. The number of para-hydroxylation sites is 1. The number of carbonyl (C=O) groups is 1. The van der Waals surface area contributed by atoms with E-state index >= 15 is 0 Å². The lowest BCUT2D eigenvalue weighted by molar-refractivity contribution is -0.384. The Morgan fingerprint density at radius 1 is 1.18 bits per heavy atom. The summed E-state index contributed by atoms with van der Waals surface area (Å²) >= 11 is 0. The van der Waals surface area contributed by atoms with E-state index in [-0.39, 0.29) is 11.6 Å². The van der Waals surface area contributed by atoms with Crippen LogP contribution in [0.1, 0.15) is 61.4 Å². The van der Waals surface area contributed by atoms with Crippen molar-refractivity contribution in [2.45, 2.75) is 45.4 Å². The maximum Gasteiger partial charge on any atom is 0.293 e. The van der Waals surface area contributed by atoms with Crippen LogP contribution in [0.25, 0.3) is 0 Å². The fourth-order valence-electron chi connectivity index (χ4n) is 3.67. The third kappa shape index (κ3) is 4.32. The van der Waals surface area contributed by atoms with Crippen molar-refractivity contribution in [3.05, 3.63) is 63.7 Å². The van der Waals surface area contributed by atoms with Crippen LogP contribution < -0.4 is 10.2 Å². The van der Waals surface area contributed by atoms with E-state index in [9.17, 15) is 14.9 Å². The van der Waals surface area contributed by atoms with E-state index in [1.165, 1.54) is 6.07 Å². The van der Waals surface area contributed by atoms with Crippen LogP contribution in [0.15, 0.2) is 42.5 Å². The van der Waals surface area contributed by atoms with Crippen molar-refractivity contribution in [3.8, 4) is 0 Å². The zero-order valence-electron chi connectivity index (χ0n) is 16.5. The Morgan fingerprint density at radius 3 is 2.57 bits per heavy atom. The van der Waals surface area contributed by atoms with Crippen molar-refractivity contribution in [1.82, 2.24) is 0 Å². The molecule has 2 aromatic carbocycles. The lowest BCUT2D eigenvalue weighted by atomic mass is 9.96. The molecule has 0 bridgehead atoms. The molecule has 1 N–H and O–H groups in total. The molecule has 1 amide bonds. The minimum absolute atomic E-state index is 0.00948. The summed E-state index contributed by atoms with van der Waals surface area (Å²) in [7, 11) is 0. The van der Waals surface area contributed by atoms with Gasteiger partial charge in [-0.2, -0.15) is 0 Å². The zero-order valence-corrected chi connectivity index (χ0v) is 16.5. The Morgan fingerprint density at radius 2 is 1.89 bits per heavy atom. The minimum Gasteiger partial charge on any atom is -0.366 e. The standard InChI is InChI=1S/C22H27N3O3/c1-3-16(2)18-9-5-6-10-19(18)23-22(26)17-11-12-20(21(15-17)25(27)28)24-13-7-4-8-14-24/h5-6,9-12,15-16H,3-4,7-8,13-14H2,1-2H3,(H,23,26)/t16-/m1/s1. The average Bonchev–Trinajstić information content (AvgIpc) is 2.73.